The van der Waals surface area contributed by atoms with Gasteiger partial charge in [0.1, 0.15) is 6.67 Å². The molecule has 0 aliphatic heterocycles. The van der Waals surface area contributed by atoms with Crippen molar-refractivity contribution in [2.75, 3.05) is 0 Å². The highest BCUT2D eigenvalue weighted by molar-refractivity contribution is 5.80. The fourth-order valence-corrected chi connectivity index (χ4v) is 3.22. The Kier molecular flexibility index (Phi) is 4.30. The number of hydrogen-bond acceptors (Lipinski definition) is 2. The van der Waals surface area contributed by atoms with E-state index >= 15 is 0 Å². The van der Waals surface area contributed by atoms with E-state index in [-0.39, 0.29) is 5.52 Å². The molecule has 0 radical (unpaired) electrons. The predicted molar refractivity (Wildman–Crippen MR) is 96.3 cm³/mol. The summed E-state index contributed by atoms with van der Waals surface area (Å²) in [4.78, 5) is 4.42. The van der Waals surface area contributed by atoms with Crippen molar-refractivity contribution in [3.05, 3.63) is 66.2 Å². The Balaban J connectivity index is 1.82. The molecule has 0 N–H and O–H groups in total. The van der Waals surface area contributed by atoms with E-state index < -0.39 is 11.7 Å². The van der Waals surface area contributed by atoms with E-state index in [0.29, 0.717) is 23.8 Å². The number of benzene rings is 1. The molecule has 27 heavy (non-hydrogen) atoms. The molecule has 0 bridgehead atoms. The van der Waals surface area contributed by atoms with Crippen LogP contribution in [0.2, 0.25) is 0 Å². The average Bonchev–Trinajstić information content (AvgIpc) is 3.35. The summed E-state index contributed by atoms with van der Waals surface area (Å²) >= 11 is 0. The Labute approximate surface area is 153 Å². The molecule has 0 amide bonds. The second-order valence-corrected chi connectivity index (χ2v) is 6.47. The highest BCUT2D eigenvalue weighted by atomic mass is 19.4. The van der Waals surface area contributed by atoms with Crippen molar-refractivity contribution in [1.82, 2.24) is 14.1 Å². The number of hydrogen-bond donors (Lipinski definition) is 0. The lowest BCUT2D eigenvalue weighted by atomic mass is 10.2. The van der Waals surface area contributed by atoms with E-state index in [9.17, 15) is 13.2 Å². The largest absolute Gasteiger partial charge is 0.461 e. The summed E-state index contributed by atoms with van der Waals surface area (Å²) < 4.78 is 48.5. The summed E-state index contributed by atoms with van der Waals surface area (Å²) in [7, 11) is 0. The minimum absolute atomic E-state index is 0.289. The summed E-state index contributed by atoms with van der Waals surface area (Å²) in [5, 5.41) is 0. The molecule has 3 heterocycles. The van der Waals surface area contributed by atoms with Crippen molar-refractivity contribution in [3.63, 3.8) is 0 Å². The van der Waals surface area contributed by atoms with Crippen LogP contribution in [-0.2, 0) is 19.3 Å². The molecule has 0 fully saturated rings. The Morgan fingerprint density at radius 3 is 2.70 bits per heavy atom. The number of alkyl halides is 3. The van der Waals surface area contributed by atoms with Crippen LogP contribution in [-0.4, -0.2) is 14.1 Å². The van der Waals surface area contributed by atoms with Crippen molar-refractivity contribution in [3.8, 4) is 11.6 Å². The van der Waals surface area contributed by atoms with Gasteiger partial charge in [-0.05, 0) is 48.4 Å². The van der Waals surface area contributed by atoms with Gasteiger partial charge in [-0.2, -0.15) is 13.2 Å². The number of fused-ring (bicyclic) bond motifs is 1. The second-order valence-electron chi connectivity index (χ2n) is 6.47. The summed E-state index contributed by atoms with van der Waals surface area (Å²) in [6, 6.07) is 9.17. The number of nitrogens with zero attached hydrogens (tertiary/aromatic N) is 3. The van der Waals surface area contributed by atoms with Crippen LogP contribution < -0.4 is 0 Å². The Bertz CT molecular complexity index is 1060. The number of halogens is 3. The minimum Gasteiger partial charge on any atom is -0.461 e. The highest BCUT2D eigenvalue weighted by Crippen LogP contribution is 2.33. The molecule has 4 nitrogen and oxygen atoms in total. The maximum atomic E-state index is 13.1. The monoisotopic (exact) mass is 373 g/mol. The molecule has 0 saturated carbocycles. The van der Waals surface area contributed by atoms with Crippen LogP contribution in [0.4, 0.5) is 13.2 Å². The minimum atomic E-state index is -4.40. The topological polar surface area (TPSA) is 35.9 Å². The fourth-order valence-electron chi connectivity index (χ4n) is 3.22. The summed E-state index contributed by atoms with van der Waals surface area (Å²) in [5.41, 5.74) is 1.43. The third-order valence-electron chi connectivity index (χ3n) is 4.47. The molecule has 0 aliphatic carbocycles. The standard InChI is InChI=1S/C20H18F3N3O/c1-2-4-14-8-9-25(12-14)13-26-17-7-6-15(20(21,22)23)11-16(17)24-19(26)18-5-3-10-27-18/h3,5-12H,2,4,13H2,1H3. The first-order valence-corrected chi connectivity index (χ1v) is 8.71. The third kappa shape index (κ3) is 3.37. The average molecular weight is 373 g/mol. The second kappa shape index (κ2) is 6.64. The SMILES string of the molecule is CCCc1ccn(Cn2c(-c3ccco3)nc3cc(C(F)(F)F)ccc32)c1. The van der Waals surface area contributed by atoms with Gasteiger partial charge in [0.25, 0.3) is 0 Å². The zero-order valence-electron chi connectivity index (χ0n) is 14.7. The van der Waals surface area contributed by atoms with Gasteiger partial charge in [0.2, 0.25) is 0 Å². The molecule has 0 saturated heterocycles. The van der Waals surface area contributed by atoms with Crippen molar-refractivity contribution in [2.45, 2.75) is 32.6 Å². The van der Waals surface area contributed by atoms with Crippen LogP contribution in [0.5, 0.6) is 0 Å². The van der Waals surface area contributed by atoms with Gasteiger partial charge in [0, 0.05) is 12.4 Å². The van der Waals surface area contributed by atoms with E-state index in [0.717, 1.165) is 25.0 Å². The lowest BCUT2D eigenvalue weighted by Crippen LogP contribution is -2.08. The third-order valence-corrected chi connectivity index (χ3v) is 4.47. The molecule has 0 aliphatic rings. The van der Waals surface area contributed by atoms with Crippen molar-refractivity contribution in [2.24, 2.45) is 0 Å². The van der Waals surface area contributed by atoms with Crippen LogP contribution in [0.25, 0.3) is 22.6 Å². The molecule has 4 rings (SSSR count). The maximum absolute atomic E-state index is 13.1. The summed E-state index contributed by atoms with van der Waals surface area (Å²) in [6.07, 6.45) is 3.17. The molecule has 3 aromatic heterocycles. The van der Waals surface area contributed by atoms with Crippen LogP contribution in [0.3, 0.4) is 0 Å². The Morgan fingerprint density at radius 1 is 1.15 bits per heavy atom. The molecule has 0 atom stereocenters. The number of aromatic nitrogens is 3. The molecule has 0 unspecified atom stereocenters. The van der Waals surface area contributed by atoms with Gasteiger partial charge < -0.3 is 13.6 Å². The van der Waals surface area contributed by atoms with E-state index in [1.165, 1.54) is 17.9 Å². The van der Waals surface area contributed by atoms with Gasteiger partial charge in [-0.3, -0.25) is 0 Å². The normalized spacial score (nSPS) is 12.1. The first kappa shape index (κ1) is 17.5. The number of rotatable bonds is 5. The van der Waals surface area contributed by atoms with E-state index in [1.807, 2.05) is 21.5 Å². The molecule has 1 aromatic carbocycles. The molecular formula is C20H18F3N3O. The van der Waals surface area contributed by atoms with Crippen LogP contribution in [0.1, 0.15) is 24.5 Å². The van der Waals surface area contributed by atoms with Gasteiger partial charge in [0.05, 0.1) is 22.9 Å². The lowest BCUT2D eigenvalue weighted by molar-refractivity contribution is -0.137. The van der Waals surface area contributed by atoms with E-state index in [4.69, 9.17) is 4.42 Å². The molecule has 0 spiro atoms. The lowest BCUT2D eigenvalue weighted by Gasteiger charge is -2.10. The fraction of sp³-hybridized carbons (Fsp3) is 0.250. The van der Waals surface area contributed by atoms with Crippen molar-refractivity contribution < 1.29 is 17.6 Å². The van der Waals surface area contributed by atoms with Gasteiger partial charge in [-0.25, -0.2) is 4.98 Å². The molecule has 140 valence electrons. The number of imidazole rings is 1. The van der Waals surface area contributed by atoms with Crippen molar-refractivity contribution in [1.29, 1.82) is 0 Å². The Hall–Kier alpha value is -2.96. The van der Waals surface area contributed by atoms with Crippen molar-refractivity contribution >= 4 is 11.0 Å². The van der Waals surface area contributed by atoms with E-state index in [2.05, 4.69) is 18.0 Å². The number of furan rings is 1. The van der Waals surface area contributed by atoms with Crippen LogP contribution >= 0.6 is 0 Å². The highest BCUT2D eigenvalue weighted by Gasteiger charge is 2.31. The summed E-state index contributed by atoms with van der Waals surface area (Å²) in [5.74, 6) is 1.01. The number of aryl methyl sites for hydroxylation is 1. The van der Waals surface area contributed by atoms with Gasteiger partial charge in [-0.1, -0.05) is 13.3 Å². The zero-order valence-corrected chi connectivity index (χ0v) is 14.7. The quantitative estimate of drug-likeness (QED) is 0.458. The van der Waals surface area contributed by atoms with Crippen LogP contribution in [0, 0.1) is 0 Å². The smallest absolute Gasteiger partial charge is 0.416 e. The van der Waals surface area contributed by atoms with Gasteiger partial charge in [0.15, 0.2) is 11.6 Å². The van der Waals surface area contributed by atoms with Gasteiger partial charge in [-0.15, -0.1) is 0 Å². The maximum Gasteiger partial charge on any atom is 0.416 e. The van der Waals surface area contributed by atoms with Gasteiger partial charge >= 0.3 is 6.18 Å². The summed E-state index contributed by atoms with van der Waals surface area (Å²) in [6.45, 7) is 2.55. The molecular weight excluding hydrogens is 355 g/mol. The van der Waals surface area contributed by atoms with E-state index in [1.54, 1.807) is 12.1 Å². The zero-order chi connectivity index (χ0) is 19.0. The first-order chi connectivity index (χ1) is 13.0. The predicted octanol–water partition coefficient (Wildman–Crippen LogP) is 5.57. The first-order valence-electron chi connectivity index (χ1n) is 8.71. The molecule has 4 aromatic rings. The van der Waals surface area contributed by atoms with Crippen LogP contribution in [0.15, 0.2) is 59.5 Å². The molecule has 7 heteroatoms. The Morgan fingerprint density at radius 2 is 2.00 bits per heavy atom.